The van der Waals surface area contributed by atoms with E-state index in [2.05, 4.69) is 69.3 Å². The average molecular weight is 622 g/mol. The zero-order valence-corrected chi connectivity index (χ0v) is 26.3. The molecule has 10 nitrogen and oxygen atoms in total. The summed E-state index contributed by atoms with van der Waals surface area (Å²) in [7, 11) is -1.07. The smallest absolute Gasteiger partial charge is 0.335 e. The number of hydrogen-bond donors (Lipinski definition) is 2. The lowest BCUT2D eigenvalue weighted by Crippen LogP contribution is -2.68. The quantitative estimate of drug-likeness (QED) is 0.189. The highest BCUT2D eigenvalue weighted by Gasteiger charge is 2.57. The number of nitro benzene ring substituents is 1. The number of ether oxygens (including phenoxy) is 2. The van der Waals surface area contributed by atoms with E-state index < -0.39 is 25.2 Å². The van der Waals surface area contributed by atoms with Gasteiger partial charge in [-0.25, -0.2) is 4.79 Å². The number of carboxylic acids is 2. The largest absolute Gasteiger partial charge is 0.481 e. The van der Waals surface area contributed by atoms with Crippen molar-refractivity contribution in [3.8, 4) is 0 Å². The number of carboxylic acid groups (broad SMARTS) is 2. The summed E-state index contributed by atoms with van der Waals surface area (Å²) in [6, 6.07) is 25.9. The van der Waals surface area contributed by atoms with Gasteiger partial charge in [-0.2, -0.15) is 0 Å². The molecule has 3 aromatic carbocycles. The summed E-state index contributed by atoms with van der Waals surface area (Å²) in [4.78, 5) is 31.4. The summed E-state index contributed by atoms with van der Waals surface area (Å²) in [5.74, 6) is -1.82. The first-order chi connectivity index (χ1) is 20.9. The van der Waals surface area contributed by atoms with Crippen LogP contribution in [0.15, 0.2) is 84.9 Å². The third-order valence-corrected chi connectivity index (χ3v) is 13.5. The van der Waals surface area contributed by atoms with E-state index in [1.54, 1.807) is 7.11 Å². The molecule has 1 saturated carbocycles. The van der Waals surface area contributed by atoms with Crippen molar-refractivity contribution in [3.05, 3.63) is 101 Å². The van der Waals surface area contributed by atoms with Gasteiger partial charge in [0.15, 0.2) is 6.29 Å². The Balaban J connectivity index is 0.000000309. The molecule has 44 heavy (non-hydrogen) atoms. The molecule has 234 valence electrons. The molecular weight excluding hydrogens is 582 g/mol. The van der Waals surface area contributed by atoms with Crippen LogP contribution in [0.3, 0.4) is 0 Å². The summed E-state index contributed by atoms with van der Waals surface area (Å²) >= 11 is 0. The molecule has 2 aliphatic rings. The fraction of sp³-hybridized carbons (Fsp3) is 0.394. The van der Waals surface area contributed by atoms with Crippen molar-refractivity contribution >= 4 is 36.3 Å². The van der Waals surface area contributed by atoms with Crippen molar-refractivity contribution < 1.29 is 38.6 Å². The Labute approximate surface area is 257 Å². The molecule has 0 aromatic heterocycles. The second kappa shape index (κ2) is 13.8. The van der Waals surface area contributed by atoms with Gasteiger partial charge in [-0.15, -0.1) is 0 Å². The second-order valence-electron chi connectivity index (χ2n) is 12.2. The number of nitro groups is 1. The number of rotatable bonds is 9. The Morgan fingerprint density at radius 3 is 1.91 bits per heavy atom. The highest BCUT2D eigenvalue weighted by atomic mass is 28.4. The number of aliphatic carboxylic acids is 1. The van der Waals surface area contributed by atoms with Crippen LogP contribution in [0.5, 0.6) is 0 Å². The van der Waals surface area contributed by atoms with Crippen LogP contribution in [0.2, 0.25) is 5.04 Å². The van der Waals surface area contributed by atoms with E-state index in [1.807, 2.05) is 12.1 Å². The van der Waals surface area contributed by atoms with Crippen molar-refractivity contribution in [3.63, 3.8) is 0 Å². The van der Waals surface area contributed by atoms with Gasteiger partial charge in [-0.05, 0) is 39.9 Å². The first kappa shape index (κ1) is 33.0. The summed E-state index contributed by atoms with van der Waals surface area (Å²) < 4.78 is 19.0. The summed E-state index contributed by atoms with van der Waals surface area (Å²) in [6.07, 6.45) is 1.02. The van der Waals surface area contributed by atoms with Crippen LogP contribution >= 0.6 is 0 Å². The van der Waals surface area contributed by atoms with E-state index in [1.165, 1.54) is 22.5 Å². The number of nitrogens with zero attached hydrogens (tertiary/aromatic N) is 1. The second-order valence-corrected chi connectivity index (χ2v) is 16.4. The minimum atomic E-state index is -2.72. The number of carbonyl (C=O) groups is 2. The first-order valence-corrected chi connectivity index (χ1v) is 16.4. The number of hydrogen-bond acceptors (Lipinski definition) is 7. The van der Waals surface area contributed by atoms with Gasteiger partial charge in [0.05, 0.1) is 29.1 Å². The van der Waals surface area contributed by atoms with Gasteiger partial charge >= 0.3 is 11.9 Å². The molecule has 0 bridgehead atoms. The van der Waals surface area contributed by atoms with Crippen molar-refractivity contribution in [2.45, 2.75) is 63.6 Å². The minimum absolute atomic E-state index is 0.0422. The van der Waals surface area contributed by atoms with Crippen LogP contribution in [0.4, 0.5) is 5.69 Å². The third-order valence-electron chi connectivity index (χ3n) is 8.44. The van der Waals surface area contributed by atoms with Crippen LogP contribution < -0.4 is 10.4 Å². The molecule has 0 radical (unpaired) electrons. The van der Waals surface area contributed by atoms with E-state index in [9.17, 15) is 24.8 Å². The SMILES string of the molecule is COC1C[C@H]2[C@H](O[Si](c3ccccc3)(c3ccccc3)C(C)(C)C)CC(CC(=O)O)[C@@H]2O1.O=C(O)c1ccc([N+](=O)[O-])cc1. The Bertz CT molecular complexity index is 1350. The zero-order chi connectivity index (χ0) is 32.1. The zero-order valence-electron chi connectivity index (χ0n) is 25.3. The number of benzene rings is 3. The predicted molar refractivity (Wildman–Crippen MR) is 167 cm³/mol. The van der Waals surface area contributed by atoms with Crippen LogP contribution in [0.1, 0.15) is 50.4 Å². The van der Waals surface area contributed by atoms with E-state index in [-0.39, 0.29) is 53.0 Å². The summed E-state index contributed by atoms with van der Waals surface area (Å²) in [5, 5.41) is 30.4. The van der Waals surface area contributed by atoms with Crippen LogP contribution in [-0.4, -0.2) is 61.0 Å². The molecule has 5 atom stereocenters. The third kappa shape index (κ3) is 7.07. The maximum absolute atomic E-state index is 11.6. The maximum atomic E-state index is 11.6. The minimum Gasteiger partial charge on any atom is -0.481 e. The maximum Gasteiger partial charge on any atom is 0.335 e. The van der Waals surface area contributed by atoms with Gasteiger partial charge in [-0.1, -0.05) is 81.4 Å². The van der Waals surface area contributed by atoms with E-state index in [4.69, 9.17) is 19.0 Å². The highest BCUT2D eigenvalue weighted by Crippen LogP contribution is 2.48. The van der Waals surface area contributed by atoms with Gasteiger partial charge in [0.1, 0.15) is 0 Å². The molecule has 5 rings (SSSR count). The van der Waals surface area contributed by atoms with Gasteiger partial charge in [-0.3, -0.25) is 14.9 Å². The predicted octanol–water partition coefficient (Wildman–Crippen LogP) is 5.10. The van der Waals surface area contributed by atoms with E-state index >= 15 is 0 Å². The number of non-ortho nitro benzene ring substituents is 1. The van der Waals surface area contributed by atoms with Crippen molar-refractivity contribution in [2.24, 2.45) is 11.8 Å². The van der Waals surface area contributed by atoms with Crippen LogP contribution in [0.25, 0.3) is 0 Å². The lowest BCUT2D eigenvalue weighted by atomic mass is 9.98. The van der Waals surface area contributed by atoms with Gasteiger partial charge in [0.2, 0.25) is 0 Å². The van der Waals surface area contributed by atoms with Gasteiger partial charge in [0.25, 0.3) is 14.0 Å². The highest BCUT2D eigenvalue weighted by molar-refractivity contribution is 6.99. The topological polar surface area (TPSA) is 145 Å². The molecular formula is C33H39NO9Si. The molecule has 1 aliphatic heterocycles. The Kier molecular flexibility index (Phi) is 10.4. The fourth-order valence-electron chi connectivity index (χ4n) is 6.47. The molecule has 2 fully saturated rings. The van der Waals surface area contributed by atoms with Crippen LogP contribution in [-0.2, 0) is 18.7 Å². The fourth-order valence-corrected chi connectivity index (χ4v) is 11.2. The summed E-state index contributed by atoms with van der Waals surface area (Å²) in [6.45, 7) is 6.80. The normalized spacial score (nSPS) is 22.9. The number of aromatic carboxylic acids is 1. The molecule has 1 heterocycles. The van der Waals surface area contributed by atoms with Crippen molar-refractivity contribution in [2.75, 3.05) is 7.11 Å². The molecule has 0 amide bonds. The molecule has 2 N–H and O–H groups in total. The average Bonchev–Trinajstić information content (AvgIpc) is 3.56. The molecule has 0 spiro atoms. The summed E-state index contributed by atoms with van der Waals surface area (Å²) in [5.41, 5.74) is -0.0689. The van der Waals surface area contributed by atoms with E-state index in [0.717, 1.165) is 18.6 Å². The van der Waals surface area contributed by atoms with Crippen molar-refractivity contribution in [1.29, 1.82) is 0 Å². The lowest BCUT2D eigenvalue weighted by Gasteiger charge is -2.45. The van der Waals surface area contributed by atoms with Crippen LogP contribution in [0, 0.1) is 22.0 Å². The Morgan fingerprint density at radius 2 is 1.48 bits per heavy atom. The molecule has 1 aliphatic carbocycles. The number of methoxy groups -OCH3 is 1. The molecule has 1 saturated heterocycles. The molecule has 2 unspecified atom stereocenters. The molecule has 11 heteroatoms. The van der Waals surface area contributed by atoms with Gasteiger partial charge in [0, 0.05) is 31.6 Å². The lowest BCUT2D eigenvalue weighted by molar-refractivity contribution is -0.384. The monoisotopic (exact) mass is 621 g/mol. The standard InChI is InChI=1S/C26H34O5Si.C7H5NO4/c1-26(2,3)32(19-11-7-5-8-12-19,20-13-9-6-10-14-20)31-22-15-18(16-23(27)28)25-21(22)17-24(29-4)30-25;9-7(10)5-1-3-6(4-2-5)8(11)12/h5-14,18,21-22,24-25H,15-17H2,1-4H3,(H,27,28);1-4H,(H,9,10)/t18?,21-,22+,24?,25-;/m0./s1. The number of fused-ring (bicyclic) bond motifs is 1. The van der Waals surface area contributed by atoms with E-state index in [0.29, 0.717) is 6.42 Å². The first-order valence-electron chi connectivity index (χ1n) is 14.5. The van der Waals surface area contributed by atoms with Gasteiger partial charge < -0.3 is 24.1 Å². The molecule has 3 aromatic rings. The Morgan fingerprint density at radius 1 is 0.932 bits per heavy atom. The van der Waals surface area contributed by atoms with Crippen molar-refractivity contribution in [1.82, 2.24) is 0 Å². The Hall–Kier alpha value is -3.90.